The highest BCUT2D eigenvalue weighted by molar-refractivity contribution is 9.10. The van der Waals surface area contributed by atoms with Gasteiger partial charge in [-0.3, -0.25) is 10.1 Å². The molecule has 6 heteroatoms. The first kappa shape index (κ1) is 13.3. The van der Waals surface area contributed by atoms with Crippen molar-refractivity contribution in [3.05, 3.63) is 32.8 Å². The van der Waals surface area contributed by atoms with Crippen molar-refractivity contribution in [3.8, 4) is 0 Å². The molecule has 0 aromatic heterocycles. The third-order valence-corrected chi connectivity index (χ3v) is 3.33. The van der Waals surface area contributed by atoms with E-state index in [2.05, 4.69) is 26.6 Å². The molecule has 0 saturated heterocycles. The van der Waals surface area contributed by atoms with Crippen LogP contribution in [0, 0.1) is 10.1 Å². The number of hydrogen-bond acceptors (Lipinski definition) is 4. The van der Waals surface area contributed by atoms with Gasteiger partial charge >= 0.3 is 0 Å². The predicted octanol–water partition coefficient (Wildman–Crippen LogP) is 2.91. The van der Waals surface area contributed by atoms with Crippen molar-refractivity contribution in [2.75, 3.05) is 18.4 Å². The zero-order valence-corrected chi connectivity index (χ0v) is 11.6. The van der Waals surface area contributed by atoms with Crippen LogP contribution in [-0.4, -0.2) is 24.1 Å². The molecule has 0 atom stereocenters. The minimum Gasteiger partial charge on any atom is -0.379 e. The van der Waals surface area contributed by atoms with Gasteiger partial charge in [0.2, 0.25) is 0 Å². The fourth-order valence-electron chi connectivity index (χ4n) is 1.71. The van der Waals surface area contributed by atoms with Crippen molar-refractivity contribution in [1.29, 1.82) is 0 Å². The number of nitro benzene ring substituents is 1. The average molecular weight is 314 g/mol. The molecular formula is C12H16BrN3O2. The quantitative estimate of drug-likeness (QED) is 0.461. The van der Waals surface area contributed by atoms with Gasteiger partial charge in [0.25, 0.3) is 5.69 Å². The number of hydrogen-bond donors (Lipinski definition) is 2. The maximum atomic E-state index is 10.9. The molecule has 2 N–H and O–H groups in total. The fourth-order valence-corrected chi connectivity index (χ4v) is 2.08. The number of nitrogens with zero attached hydrogens (tertiary/aromatic N) is 1. The second kappa shape index (κ2) is 6.15. The number of anilines is 1. The Balaban J connectivity index is 1.82. The summed E-state index contributed by atoms with van der Waals surface area (Å²) in [6, 6.07) is 5.64. The summed E-state index contributed by atoms with van der Waals surface area (Å²) in [5.41, 5.74) is 0.689. The Bertz CT molecular complexity index is 435. The summed E-state index contributed by atoms with van der Waals surface area (Å²) in [5, 5.41) is 17.4. The van der Waals surface area contributed by atoms with E-state index in [-0.39, 0.29) is 10.6 Å². The van der Waals surface area contributed by atoms with E-state index in [0.29, 0.717) is 11.7 Å². The van der Waals surface area contributed by atoms with Crippen LogP contribution in [0.4, 0.5) is 11.4 Å². The van der Waals surface area contributed by atoms with Crippen LogP contribution >= 0.6 is 15.9 Å². The maximum Gasteiger partial charge on any atom is 0.292 e. The number of rotatable bonds is 7. The van der Waals surface area contributed by atoms with Crippen molar-refractivity contribution < 1.29 is 4.92 Å². The molecule has 0 aliphatic heterocycles. The Kier molecular flexibility index (Phi) is 4.54. The van der Waals surface area contributed by atoms with Crippen LogP contribution in [0.5, 0.6) is 0 Å². The van der Waals surface area contributed by atoms with Gasteiger partial charge in [-0.1, -0.05) is 15.9 Å². The first-order valence-corrected chi connectivity index (χ1v) is 6.87. The lowest BCUT2D eigenvalue weighted by Gasteiger charge is -2.08. The van der Waals surface area contributed by atoms with Crippen molar-refractivity contribution in [3.63, 3.8) is 0 Å². The van der Waals surface area contributed by atoms with E-state index in [0.717, 1.165) is 24.0 Å². The van der Waals surface area contributed by atoms with E-state index < -0.39 is 0 Å². The first-order valence-electron chi connectivity index (χ1n) is 6.08. The summed E-state index contributed by atoms with van der Waals surface area (Å²) in [7, 11) is 0. The fraction of sp³-hybridized carbons (Fsp3) is 0.500. The molecule has 1 fully saturated rings. The SMILES string of the molecule is O=[N+]([O-])c1ccc(Br)cc1NCCCNC1CC1. The highest BCUT2D eigenvalue weighted by atomic mass is 79.9. The number of nitrogens with one attached hydrogen (secondary N) is 2. The molecule has 5 nitrogen and oxygen atoms in total. The van der Waals surface area contributed by atoms with Crippen LogP contribution in [0.15, 0.2) is 22.7 Å². The van der Waals surface area contributed by atoms with Crippen molar-refractivity contribution in [2.24, 2.45) is 0 Å². The molecule has 1 saturated carbocycles. The van der Waals surface area contributed by atoms with Gasteiger partial charge < -0.3 is 10.6 Å². The van der Waals surface area contributed by atoms with Gasteiger partial charge in [0.05, 0.1) is 4.92 Å². The second-order valence-electron chi connectivity index (χ2n) is 4.43. The average Bonchev–Trinajstić information content (AvgIpc) is 3.12. The zero-order valence-electron chi connectivity index (χ0n) is 9.99. The normalized spacial score (nSPS) is 14.5. The largest absolute Gasteiger partial charge is 0.379 e. The summed E-state index contributed by atoms with van der Waals surface area (Å²) in [6.07, 6.45) is 3.52. The Morgan fingerprint density at radius 2 is 2.17 bits per heavy atom. The van der Waals surface area contributed by atoms with Crippen LogP contribution < -0.4 is 10.6 Å². The highest BCUT2D eigenvalue weighted by Gasteiger charge is 2.19. The summed E-state index contributed by atoms with van der Waals surface area (Å²) < 4.78 is 0.840. The molecule has 1 aromatic carbocycles. The molecule has 0 amide bonds. The Labute approximate surface area is 114 Å². The smallest absolute Gasteiger partial charge is 0.292 e. The Morgan fingerprint density at radius 1 is 1.39 bits per heavy atom. The van der Waals surface area contributed by atoms with Crippen LogP contribution in [-0.2, 0) is 0 Å². The van der Waals surface area contributed by atoms with Gasteiger partial charge in [-0.05, 0) is 37.9 Å². The molecular weight excluding hydrogens is 298 g/mol. The van der Waals surface area contributed by atoms with Crippen molar-refractivity contribution >= 4 is 27.3 Å². The van der Waals surface area contributed by atoms with E-state index in [1.165, 1.54) is 18.9 Å². The number of benzene rings is 1. The summed E-state index contributed by atoms with van der Waals surface area (Å²) in [4.78, 5) is 10.5. The first-order chi connectivity index (χ1) is 8.66. The third kappa shape index (κ3) is 3.96. The summed E-state index contributed by atoms with van der Waals surface area (Å²) in [6.45, 7) is 1.69. The molecule has 1 aliphatic carbocycles. The van der Waals surface area contributed by atoms with Gasteiger partial charge in [-0.2, -0.15) is 0 Å². The standard InChI is InChI=1S/C12H16BrN3O2/c13-9-2-5-12(16(17)18)11(8-9)15-7-1-6-14-10-3-4-10/h2,5,8,10,14-15H,1,3-4,6-7H2. The van der Waals surface area contributed by atoms with Gasteiger partial charge in [-0.15, -0.1) is 0 Å². The molecule has 1 aromatic rings. The van der Waals surface area contributed by atoms with Crippen molar-refractivity contribution in [2.45, 2.75) is 25.3 Å². The lowest BCUT2D eigenvalue weighted by atomic mass is 10.2. The lowest BCUT2D eigenvalue weighted by Crippen LogP contribution is -2.20. The minimum atomic E-state index is -0.364. The summed E-state index contributed by atoms with van der Waals surface area (Å²) >= 11 is 3.32. The predicted molar refractivity (Wildman–Crippen MR) is 74.9 cm³/mol. The van der Waals surface area contributed by atoms with Crippen LogP contribution in [0.3, 0.4) is 0 Å². The molecule has 98 valence electrons. The van der Waals surface area contributed by atoms with Gasteiger partial charge in [0.15, 0.2) is 0 Å². The monoisotopic (exact) mass is 313 g/mol. The van der Waals surface area contributed by atoms with E-state index in [1.54, 1.807) is 12.1 Å². The van der Waals surface area contributed by atoms with Crippen molar-refractivity contribution in [1.82, 2.24) is 5.32 Å². The van der Waals surface area contributed by atoms with Gasteiger partial charge in [-0.25, -0.2) is 0 Å². The molecule has 0 heterocycles. The maximum absolute atomic E-state index is 10.9. The molecule has 1 aliphatic rings. The molecule has 2 rings (SSSR count). The van der Waals surface area contributed by atoms with E-state index >= 15 is 0 Å². The molecule has 0 bridgehead atoms. The van der Waals surface area contributed by atoms with Crippen LogP contribution in [0.2, 0.25) is 0 Å². The molecule has 0 radical (unpaired) electrons. The van der Waals surface area contributed by atoms with E-state index in [9.17, 15) is 10.1 Å². The van der Waals surface area contributed by atoms with Crippen LogP contribution in [0.1, 0.15) is 19.3 Å². The van der Waals surface area contributed by atoms with Crippen LogP contribution in [0.25, 0.3) is 0 Å². The van der Waals surface area contributed by atoms with E-state index in [4.69, 9.17) is 0 Å². The number of nitro groups is 1. The number of halogens is 1. The Hall–Kier alpha value is -1.14. The molecule has 0 spiro atoms. The zero-order chi connectivity index (χ0) is 13.0. The topological polar surface area (TPSA) is 67.2 Å². The van der Waals surface area contributed by atoms with Gasteiger partial charge in [0, 0.05) is 23.1 Å². The Morgan fingerprint density at radius 3 is 2.83 bits per heavy atom. The molecule has 18 heavy (non-hydrogen) atoms. The lowest BCUT2D eigenvalue weighted by molar-refractivity contribution is -0.384. The minimum absolute atomic E-state index is 0.119. The highest BCUT2D eigenvalue weighted by Crippen LogP contribution is 2.27. The second-order valence-corrected chi connectivity index (χ2v) is 5.34. The van der Waals surface area contributed by atoms with E-state index in [1.807, 2.05) is 0 Å². The molecule has 0 unspecified atom stereocenters. The van der Waals surface area contributed by atoms with Gasteiger partial charge in [0.1, 0.15) is 5.69 Å². The summed E-state index contributed by atoms with van der Waals surface area (Å²) in [5.74, 6) is 0. The third-order valence-electron chi connectivity index (χ3n) is 2.83.